The van der Waals surface area contributed by atoms with Crippen LogP contribution in [0.1, 0.15) is 6.92 Å². The molecule has 3 heterocycles. The van der Waals surface area contributed by atoms with E-state index in [1.165, 1.54) is 13.0 Å². The Morgan fingerprint density at radius 2 is 1.50 bits per heavy atom. The molecule has 24 heavy (non-hydrogen) atoms. The summed E-state index contributed by atoms with van der Waals surface area (Å²) in [5, 5.41) is 0. The van der Waals surface area contributed by atoms with Gasteiger partial charge in [-0.25, -0.2) is 26.9 Å². The molecule has 0 aromatic heterocycles. The van der Waals surface area contributed by atoms with Gasteiger partial charge in [0, 0.05) is 0 Å². The molecule has 0 aliphatic carbocycles. The van der Waals surface area contributed by atoms with Crippen LogP contribution in [0.25, 0.3) is 0 Å². The minimum absolute atomic E-state index is 0.0480. The number of hydrogen-bond acceptors (Lipinski definition) is 3. The van der Waals surface area contributed by atoms with Crippen LogP contribution < -0.4 is 4.90 Å². The van der Waals surface area contributed by atoms with E-state index in [2.05, 4.69) is 0 Å². The van der Waals surface area contributed by atoms with Crippen molar-refractivity contribution >= 4 is 17.5 Å². The Morgan fingerprint density at radius 1 is 0.958 bits per heavy atom. The third kappa shape index (κ3) is 1.55. The quantitative estimate of drug-likeness (QED) is 0.258. The number of rotatable bonds is 1. The first-order valence-corrected chi connectivity index (χ1v) is 6.95. The van der Waals surface area contributed by atoms with E-state index in [0.29, 0.717) is 0 Å². The van der Waals surface area contributed by atoms with E-state index in [1.807, 2.05) is 0 Å². The first-order valence-electron chi connectivity index (χ1n) is 6.95. The maximum Gasteiger partial charge on any atom is 0.241 e. The van der Waals surface area contributed by atoms with Crippen LogP contribution in [0.15, 0.2) is 12.2 Å². The highest BCUT2D eigenvalue weighted by Crippen LogP contribution is 2.52. The maximum absolute atomic E-state index is 14.0. The summed E-state index contributed by atoms with van der Waals surface area (Å²) in [6.45, 7) is 1.52. The Balaban J connectivity index is 1.89. The molecule has 1 aromatic rings. The normalized spacial score (nSPS) is 33.8. The van der Waals surface area contributed by atoms with Gasteiger partial charge in [0.2, 0.25) is 17.6 Å². The molecule has 9 heteroatoms. The summed E-state index contributed by atoms with van der Waals surface area (Å²) in [6.07, 6.45) is 2.31. The van der Waals surface area contributed by atoms with Crippen molar-refractivity contribution in [3.05, 3.63) is 41.2 Å². The average molecular weight is 345 g/mol. The molecule has 0 spiro atoms. The van der Waals surface area contributed by atoms with Gasteiger partial charge >= 0.3 is 0 Å². The van der Waals surface area contributed by atoms with Gasteiger partial charge in [-0.15, -0.1) is 0 Å². The van der Waals surface area contributed by atoms with Gasteiger partial charge in [0.15, 0.2) is 23.3 Å². The Morgan fingerprint density at radius 3 is 2.04 bits per heavy atom. The highest BCUT2D eigenvalue weighted by molar-refractivity contribution is 6.23. The molecule has 2 bridgehead atoms. The van der Waals surface area contributed by atoms with E-state index < -0.39 is 70.1 Å². The third-order valence-corrected chi connectivity index (χ3v) is 4.74. The minimum atomic E-state index is -2.36. The number of anilines is 1. The highest BCUT2D eigenvalue weighted by atomic mass is 19.2. The van der Waals surface area contributed by atoms with E-state index in [0.717, 1.165) is 0 Å². The molecule has 2 saturated heterocycles. The molecule has 1 aromatic carbocycles. The largest absolute Gasteiger partial charge is 0.362 e. The van der Waals surface area contributed by atoms with Crippen molar-refractivity contribution in [2.24, 2.45) is 11.8 Å². The van der Waals surface area contributed by atoms with Crippen molar-refractivity contribution in [1.82, 2.24) is 0 Å². The van der Waals surface area contributed by atoms with E-state index >= 15 is 0 Å². The molecule has 0 radical (unpaired) electrons. The van der Waals surface area contributed by atoms with Crippen molar-refractivity contribution in [1.29, 1.82) is 0 Å². The maximum atomic E-state index is 14.0. The lowest BCUT2D eigenvalue weighted by molar-refractivity contribution is -0.126. The summed E-state index contributed by atoms with van der Waals surface area (Å²) < 4.78 is 73.4. The van der Waals surface area contributed by atoms with Crippen LogP contribution in [0.3, 0.4) is 0 Å². The number of benzene rings is 1. The summed E-state index contributed by atoms with van der Waals surface area (Å²) in [5.74, 6) is -15.5. The smallest absolute Gasteiger partial charge is 0.241 e. The number of hydrogen-bond donors (Lipinski definition) is 0. The third-order valence-electron chi connectivity index (χ3n) is 4.74. The molecule has 4 nitrogen and oxygen atoms in total. The van der Waals surface area contributed by atoms with Crippen LogP contribution in [0.5, 0.6) is 0 Å². The fraction of sp³-hybridized carbons (Fsp3) is 0.333. The zero-order valence-electron chi connectivity index (χ0n) is 11.9. The van der Waals surface area contributed by atoms with Crippen molar-refractivity contribution in [3.63, 3.8) is 0 Å². The van der Waals surface area contributed by atoms with E-state index in [-0.39, 0.29) is 4.90 Å². The summed E-state index contributed by atoms with van der Waals surface area (Å²) in [4.78, 5) is 25.0. The minimum Gasteiger partial charge on any atom is -0.362 e. The first-order chi connectivity index (χ1) is 11.2. The van der Waals surface area contributed by atoms with Crippen LogP contribution in [-0.4, -0.2) is 23.5 Å². The molecule has 3 aliphatic heterocycles. The SMILES string of the molecule is C[C@]12C=C[C@H](O1)C1C(=O)N(c3c(F)c(F)c(F)c(F)c3F)C(=O)C12. The second-order valence-corrected chi connectivity index (χ2v) is 6.06. The van der Waals surface area contributed by atoms with Gasteiger partial charge in [-0.05, 0) is 6.92 Å². The van der Waals surface area contributed by atoms with Crippen LogP contribution in [0.4, 0.5) is 27.6 Å². The average Bonchev–Trinajstić information content (AvgIpc) is 3.15. The number of nitrogens with zero attached hydrogens (tertiary/aromatic N) is 1. The number of carbonyl (C=O) groups excluding carboxylic acids is 2. The van der Waals surface area contributed by atoms with Gasteiger partial charge in [-0.2, -0.15) is 0 Å². The fourth-order valence-corrected chi connectivity index (χ4v) is 3.66. The zero-order chi connectivity index (χ0) is 17.5. The molecule has 4 atom stereocenters. The molecule has 126 valence electrons. The number of amides is 2. The molecule has 4 rings (SSSR count). The van der Waals surface area contributed by atoms with Gasteiger partial charge in [0.05, 0.1) is 23.5 Å². The molecule has 2 fully saturated rings. The number of carbonyl (C=O) groups is 2. The number of ether oxygens (including phenoxy) is 1. The van der Waals surface area contributed by atoms with E-state index in [9.17, 15) is 31.5 Å². The zero-order valence-corrected chi connectivity index (χ0v) is 11.9. The lowest BCUT2D eigenvalue weighted by atomic mass is 9.78. The predicted octanol–water partition coefficient (Wildman–Crippen LogP) is 2.21. The van der Waals surface area contributed by atoms with Crippen LogP contribution in [0, 0.1) is 40.9 Å². The fourth-order valence-electron chi connectivity index (χ4n) is 3.66. The molecule has 0 saturated carbocycles. The lowest BCUT2D eigenvalue weighted by Gasteiger charge is -2.24. The van der Waals surface area contributed by atoms with Crippen LogP contribution in [0.2, 0.25) is 0 Å². The number of fused-ring (bicyclic) bond motifs is 5. The highest BCUT2D eigenvalue weighted by Gasteiger charge is 2.66. The van der Waals surface area contributed by atoms with Crippen molar-refractivity contribution in [3.8, 4) is 0 Å². The van der Waals surface area contributed by atoms with Gasteiger partial charge in [0.1, 0.15) is 5.69 Å². The summed E-state index contributed by atoms with van der Waals surface area (Å²) in [7, 11) is 0. The second-order valence-electron chi connectivity index (χ2n) is 6.06. The Bertz CT molecular complexity index is 825. The predicted molar refractivity (Wildman–Crippen MR) is 68.1 cm³/mol. The molecule has 0 N–H and O–H groups in total. The molecular formula is C15H8F5NO3. The van der Waals surface area contributed by atoms with Crippen molar-refractivity contribution in [2.45, 2.75) is 18.6 Å². The summed E-state index contributed by atoms with van der Waals surface area (Å²) in [6, 6.07) is 0. The molecular weight excluding hydrogens is 337 g/mol. The van der Waals surface area contributed by atoms with Crippen LogP contribution >= 0.6 is 0 Å². The van der Waals surface area contributed by atoms with Gasteiger partial charge in [0.25, 0.3) is 0 Å². The van der Waals surface area contributed by atoms with Gasteiger partial charge in [-0.3, -0.25) is 9.59 Å². The summed E-state index contributed by atoms with van der Waals surface area (Å²) >= 11 is 0. The Labute approximate surface area is 131 Å². The second kappa shape index (κ2) is 4.41. The monoisotopic (exact) mass is 345 g/mol. The number of halogens is 5. The Hall–Kier alpha value is -2.29. The van der Waals surface area contributed by atoms with Crippen molar-refractivity contribution in [2.75, 3.05) is 4.90 Å². The lowest BCUT2D eigenvalue weighted by Crippen LogP contribution is -2.39. The standard InChI is InChI=1S/C15H8F5NO3/c1-15-3-2-4(24-15)5-6(15)14(23)21(13(5)22)12-10(19)8(17)7(16)9(18)11(12)20/h2-6H,1H3/t4-,5?,6?,15+/m0/s1. The molecule has 2 unspecified atom stereocenters. The molecule has 3 aliphatic rings. The Kier molecular flexibility index (Phi) is 2.80. The van der Waals surface area contributed by atoms with E-state index in [4.69, 9.17) is 4.74 Å². The summed E-state index contributed by atoms with van der Waals surface area (Å²) in [5.41, 5.74) is -2.69. The number of imide groups is 1. The van der Waals surface area contributed by atoms with Crippen LogP contribution in [-0.2, 0) is 14.3 Å². The molecule has 2 amide bonds. The topological polar surface area (TPSA) is 46.6 Å². The van der Waals surface area contributed by atoms with Gasteiger partial charge in [-0.1, -0.05) is 12.2 Å². The van der Waals surface area contributed by atoms with E-state index in [1.54, 1.807) is 6.08 Å². The first kappa shape index (κ1) is 15.3. The van der Waals surface area contributed by atoms with Gasteiger partial charge < -0.3 is 4.74 Å². The van der Waals surface area contributed by atoms with Crippen molar-refractivity contribution < 1.29 is 36.3 Å².